The number of nitrogens with two attached hydrogens (primary N) is 1. The second-order valence-corrected chi connectivity index (χ2v) is 5.28. The number of amides is 1. The van der Waals surface area contributed by atoms with Crippen LogP contribution in [0, 0.1) is 11.8 Å². The Kier molecular flexibility index (Phi) is 4.84. The molecular weight excluding hydrogens is 256 g/mol. The molecule has 0 bridgehead atoms. The van der Waals surface area contributed by atoms with E-state index in [1.807, 2.05) is 32.0 Å². The third kappa shape index (κ3) is 3.42. The van der Waals surface area contributed by atoms with Crippen LogP contribution in [0.1, 0.15) is 19.4 Å². The summed E-state index contributed by atoms with van der Waals surface area (Å²) < 4.78 is 11.0. The zero-order valence-electron chi connectivity index (χ0n) is 12.0. The normalized spacial score (nSPS) is 15.0. The number of ether oxygens (including phenoxy) is 2. The summed E-state index contributed by atoms with van der Waals surface area (Å²) in [5.74, 6) is 1.58. The largest absolute Gasteiger partial charge is 0.486 e. The minimum atomic E-state index is -0.146. The second-order valence-electron chi connectivity index (χ2n) is 5.28. The van der Waals surface area contributed by atoms with Gasteiger partial charge in [-0.05, 0) is 23.6 Å². The molecule has 1 aliphatic rings. The summed E-state index contributed by atoms with van der Waals surface area (Å²) in [5, 5.41) is 2.92. The summed E-state index contributed by atoms with van der Waals surface area (Å²) in [4.78, 5) is 12.0. The lowest BCUT2D eigenvalue weighted by Crippen LogP contribution is -2.37. The predicted octanol–water partition coefficient (Wildman–Crippen LogP) is 1.30. The fourth-order valence-corrected chi connectivity index (χ4v) is 2.20. The van der Waals surface area contributed by atoms with Crippen LogP contribution in [0.5, 0.6) is 11.5 Å². The summed E-state index contributed by atoms with van der Waals surface area (Å²) in [5.41, 5.74) is 6.63. The van der Waals surface area contributed by atoms with Gasteiger partial charge < -0.3 is 20.5 Å². The smallest absolute Gasteiger partial charge is 0.224 e. The van der Waals surface area contributed by atoms with Gasteiger partial charge >= 0.3 is 0 Å². The Balaban J connectivity index is 1.95. The van der Waals surface area contributed by atoms with Crippen molar-refractivity contribution >= 4 is 5.91 Å². The van der Waals surface area contributed by atoms with Gasteiger partial charge in [0.1, 0.15) is 13.2 Å². The van der Waals surface area contributed by atoms with E-state index in [2.05, 4.69) is 5.32 Å². The molecular formula is C15H22N2O3. The van der Waals surface area contributed by atoms with Gasteiger partial charge in [-0.25, -0.2) is 0 Å². The molecule has 1 unspecified atom stereocenters. The van der Waals surface area contributed by atoms with Gasteiger partial charge in [0.2, 0.25) is 5.91 Å². The fourth-order valence-electron chi connectivity index (χ4n) is 2.20. The van der Waals surface area contributed by atoms with E-state index in [-0.39, 0.29) is 17.7 Å². The Morgan fingerprint density at radius 1 is 1.30 bits per heavy atom. The Morgan fingerprint density at radius 3 is 2.65 bits per heavy atom. The number of nitrogens with one attached hydrogen (secondary N) is 1. The highest BCUT2D eigenvalue weighted by Gasteiger charge is 2.20. The van der Waals surface area contributed by atoms with Crippen molar-refractivity contribution in [1.29, 1.82) is 0 Å². The lowest BCUT2D eigenvalue weighted by atomic mass is 9.95. The summed E-state index contributed by atoms with van der Waals surface area (Å²) in [7, 11) is 0. The van der Waals surface area contributed by atoms with Crippen LogP contribution in [0.2, 0.25) is 0 Å². The molecule has 5 heteroatoms. The van der Waals surface area contributed by atoms with Crippen molar-refractivity contribution in [3.05, 3.63) is 23.8 Å². The van der Waals surface area contributed by atoms with Crippen LogP contribution < -0.4 is 20.5 Å². The number of fused-ring (bicyclic) bond motifs is 1. The first kappa shape index (κ1) is 14.7. The Hall–Kier alpha value is -1.75. The number of rotatable bonds is 5. The highest BCUT2D eigenvalue weighted by atomic mass is 16.6. The summed E-state index contributed by atoms with van der Waals surface area (Å²) >= 11 is 0. The Bertz CT molecular complexity index is 474. The van der Waals surface area contributed by atoms with Gasteiger partial charge in [-0.2, -0.15) is 0 Å². The van der Waals surface area contributed by atoms with Crippen LogP contribution in [0.4, 0.5) is 0 Å². The minimum Gasteiger partial charge on any atom is -0.486 e. The molecule has 1 aliphatic heterocycles. The van der Waals surface area contributed by atoms with Crippen molar-refractivity contribution in [3.8, 4) is 11.5 Å². The molecule has 0 radical (unpaired) electrons. The number of hydrogen-bond donors (Lipinski definition) is 2. The predicted molar refractivity (Wildman–Crippen MR) is 76.7 cm³/mol. The maximum Gasteiger partial charge on any atom is 0.224 e. The first-order valence-electron chi connectivity index (χ1n) is 6.98. The molecule has 3 N–H and O–H groups in total. The zero-order chi connectivity index (χ0) is 14.5. The number of hydrogen-bond acceptors (Lipinski definition) is 4. The van der Waals surface area contributed by atoms with Gasteiger partial charge in [0.15, 0.2) is 11.5 Å². The van der Waals surface area contributed by atoms with Crippen molar-refractivity contribution < 1.29 is 14.3 Å². The van der Waals surface area contributed by atoms with Gasteiger partial charge in [-0.15, -0.1) is 0 Å². The maximum absolute atomic E-state index is 12.0. The van der Waals surface area contributed by atoms with Gasteiger partial charge in [-0.1, -0.05) is 19.9 Å². The quantitative estimate of drug-likeness (QED) is 0.851. The van der Waals surface area contributed by atoms with Crippen LogP contribution in [0.3, 0.4) is 0 Å². The van der Waals surface area contributed by atoms with Crippen molar-refractivity contribution in [3.63, 3.8) is 0 Å². The summed E-state index contributed by atoms with van der Waals surface area (Å²) in [6.45, 7) is 5.98. The molecule has 0 saturated carbocycles. The van der Waals surface area contributed by atoms with Crippen molar-refractivity contribution in [1.82, 2.24) is 5.32 Å². The molecule has 2 rings (SSSR count). The molecule has 1 aromatic carbocycles. The molecule has 1 atom stereocenters. The van der Waals surface area contributed by atoms with Crippen molar-refractivity contribution in [2.45, 2.75) is 20.4 Å². The molecule has 0 spiro atoms. The van der Waals surface area contributed by atoms with E-state index >= 15 is 0 Å². The van der Waals surface area contributed by atoms with Crippen LogP contribution in [-0.2, 0) is 11.3 Å². The van der Waals surface area contributed by atoms with E-state index in [0.29, 0.717) is 26.3 Å². The molecule has 0 aromatic heterocycles. The molecule has 0 saturated heterocycles. The SMILES string of the molecule is CC(C)C(CN)C(=O)NCc1ccc2c(c1)OCCO2. The monoisotopic (exact) mass is 278 g/mol. The van der Waals surface area contributed by atoms with E-state index in [4.69, 9.17) is 15.2 Å². The summed E-state index contributed by atoms with van der Waals surface area (Å²) in [6.07, 6.45) is 0. The Labute approximate surface area is 119 Å². The molecule has 0 aliphatic carbocycles. The second kappa shape index (κ2) is 6.61. The van der Waals surface area contributed by atoms with Gasteiger partial charge in [0, 0.05) is 13.1 Å². The van der Waals surface area contributed by atoms with Gasteiger partial charge in [-0.3, -0.25) is 4.79 Å². The highest BCUT2D eigenvalue weighted by Crippen LogP contribution is 2.30. The highest BCUT2D eigenvalue weighted by molar-refractivity contribution is 5.79. The van der Waals surface area contributed by atoms with Crippen LogP contribution in [0.25, 0.3) is 0 Å². The van der Waals surface area contributed by atoms with E-state index in [9.17, 15) is 4.79 Å². The third-order valence-electron chi connectivity index (χ3n) is 3.47. The van der Waals surface area contributed by atoms with E-state index in [1.165, 1.54) is 0 Å². The average molecular weight is 278 g/mol. The summed E-state index contributed by atoms with van der Waals surface area (Å²) in [6, 6.07) is 5.71. The zero-order valence-corrected chi connectivity index (χ0v) is 12.0. The minimum absolute atomic E-state index is 0.00242. The van der Waals surface area contributed by atoms with E-state index in [1.54, 1.807) is 0 Å². The van der Waals surface area contributed by atoms with Crippen LogP contribution in [0.15, 0.2) is 18.2 Å². The van der Waals surface area contributed by atoms with Crippen molar-refractivity contribution in [2.24, 2.45) is 17.6 Å². The molecule has 1 heterocycles. The molecule has 1 amide bonds. The number of carbonyl (C=O) groups is 1. The van der Waals surface area contributed by atoms with Gasteiger partial charge in [0.05, 0.1) is 5.92 Å². The van der Waals surface area contributed by atoms with Crippen molar-refractivity contribution in [2.75, 3.05) is 19.8 Å². The average Bonchev–Trinajstić information content (AvgIpc) is 2.45. The standard InChI is InChI=1S/C15H22N2O3/c1-10(2)12(8-16)15(18)17-9-11-3-4-13-14(7-11)20-6-5-19-13/h3-4,7,10,12H,5-6,8-9,16H2,1-2H3,(H,17,18). The lowest BCUT2D eigenvalue weighted by molar-refractivity contribution is -0.126. The van der Waals surface area contributed by atoms with Crippen LogP contribution in [-0.4, -0.2) is 25.7 Å². The first-order valence-corrected chi connectivity index (χ1v) is 6.98. The number of carbonyl (C=O) groups excluding carboxylic acids is 1. The molecule has 110 valence electrons. The van der Waals surface area contributed by atoms with E-state index in [0.717, 1.165) is 17.1 Å². The molecule has 1 aromatic rings. The molecule has 5 nitrogen and oxygen atoms in total. The third-order valence-corrected chi connectivity index (χ3v) is 3.47. The lowest BCUT2D eigenvalue weighted by Gasteiger charge is -2.20. The van der Waals surface area contributed by atoms with Crippen LogP contribution >= 0.6 is 0 Å². The van der Waals surface area contributed by atoms with Gasteiger partial charge in [0.25, 0.3) is 0 Å². The fraction of sp³-hybridized carbons (Fsp3) is 0.533. The molecule has 20 heavy (non-hydrogen) atoms. The first-order chi connectivity index (χ1) is 9.61. The molecule has 0 fully saturated rings. The topological polar surface area (TPSA) is 73.6 Å². The Morgan fingerprint density at radius 2 is 2.00 bits per heavy atom. The van der Waals surface area contributed by atoms with E-state index < -0.39 is 0 Å². The number of benzene rings is 1. The maximum atomic E-state index is 12.0.